The molecule has 1 saturated carbocycles. The number of pyridine rings is 1. The molecule has 1 aliphatic heterocycles. The lowest BCUT2D eigenvalue weighted by molar-refractivity contribution is -0.122. The van der Waals surface area contributed by atoms with Crippen LogP contribution < -0.4 is 9.64 Å². The average molecular weight is 799 g/mol. The van der Waals surface area contributed by atoms with Crippen LogP contribution >= 0.6 is 47.8 Å². The van der Waals surface area contributed by atoms with Crippen molar-refractivity contribution >= 4 is 87.9 Å². The number of halogens is 3. The molecule has 2 amide bonds. The highest BCUT2D eigenvalue weighted by Crippen LogP contribution is 2.44. The fourth-order valence-corrected chi connectivity index (χ4v) is 7.80. The number of benzene rings is 3. The average Bonchev–Trinajstić information content (AvgIpc) is 3.27. The molecule has 0 bridgehead atoms. The largest absolute Gasteiger partial charge is 0.497 e. The molecular weight excluding hydrogens is 772 g/mol. The molecule has 4 aromatic rings. The number of hydrogen-bond donors (Lipinski definition) is 0. The monoisotopic (exact) mass is 796 g/mol. The van der Waals surface area contributed by atoms with Gasteiger partial charge in [0.25, 0.3) is 0 Å². The number of ketones is 1. The topological polar surface area (TPSA) is 103 Å². The Morgan fingerprint density at radius 1 is 0.933 bits per heavy atom. The maximum atomic E-state index is 13.5. The molecule has 8 nitrogen and oxygen atoms in total. The molecule has 4 atom stereocenters. The summed E-state index contributed by atoms with van der Waals surface area (Å²) in [5.74, 6) is -1.55. The highest BCUT2D eigenvalue weighted by molar-refractivity contribution is 9.12. The predicted octanol–water partition coefficient (Wildman–Crippen LogP) is 7.45. The minimum absolute atomic E-state index is 0.127. The zero-order valence-electron chi connectivity index (χ0n) is 24.3. The van der Waals surface area contributed by atoms with Crippen molar-refractivity contribution in [3.8, 4) is 17.0 Å². The first kappa shape index (κ1) is 31.6. The molecule has 2 heterocycles. The smallest absolute Gasteiger partial charge is 0.339 e. The number of esters is 1. The number of carbonyl (C=O) groups is 4. The predicted molar refractivity (Wildman–Crippen MR) is 181 cm³/mol. The molecule has 1 saturated heterocycles. The SMILES string of the molecule is COc1cccc(C(=O)COC(=O)c2cc(-c3ccc(N4C(=O)C5CC(Br)C(Br)CC5C4=O)cc3)nc3c(C)cc(Br)cc23)c1. The number of carbonyl (C=O) groups excluding carboxylic acids is 4. The molecule has 45 heavy (non-hydrogen) atoms. The van der Waals surface area contributed by atoms with E-state index in [4.69, 9.17) is 14.5 Å². The third-order valence-corrected chi connectivity index (χ3v) is 11.5. The second-order valence-electron chi connectivity index (χ2n) is 11.2. The van der Waals surface area contributed by atoms with Crippen molar-refractivity contribution in [1.29, 1.82) is 0 Å². The fraction of sp³-hybridized carbons (Fsp3) is 0.265. The molecule has 3 aromatic carbocycles. The Morgan fingerprint density at radius 3 is 2.24 bits per heavy atom. The highest BCUT2D eigenvalue weighted by Gasteiger charge is 2.52. The van der Waals surface area contributed by atoms with Gasteiger partial charge in [-0.25, -0.2) is 9.78 Å². The number of methoxy groups -OCH3 is 1. The first-order valence-corrected chi connectivity index (χ1v) is 16.9. The first-order valence-electron chi connectivity index (χ1n) is 14.3. The molecule has 0 radical (unpaired) electrons. The summed E-state index contributed by atoms with van der Waals surface area (Å²) in [5, 5.41) is 0.576. The van der Waals surface area contributed by atoms with Gasteiger partial charge in [-0.2, -0.15) is 0 Å². The van der Waals surface area contributed by atoms with E-state index in [1.165, 1.54) is 12.0 Å². The number of amides is 2. The standard InChI is InChI=1S/C34H27Br3N2O6/c1-17-10-20(35)12-23-26(34(43)45-16-30(40)19-4-3-5-22(11-19)44-2)15-29(38-31(17)23)18-6-8-21(9-7-18)39-32(41)24-13-27(36)28(37)14-25(24)33(39)42/h3-12,15,24-25,27-28H,13-14,16H2,1-2H3. The number of hydrogen-bond acceptors (Lipinski definition) is 7. The molecule has 1 aliphatic carbocycles. The highest BCUT2D eigenvalue weighted by atomic mass is 79.9. The van der Waals surface area contributed by atoms with Gasteiger partial charge in [-0.1, -0.05) is 72.1 Å². The Labute approximate surface area is 284 Å². The maximum absolute atomic E-state index is 13.5. The van der Waals surface area contributed by atoms with Crippen LogP contribution in [0.2, 0.25) is 0 Å². The normalized spacial score (nSPS) is 21.1. The number of nitrogens with zero attached hydrogens (tertiary/aromatic N) is 2. The van der Waals surface area contributed by atoms with Crippen LogP contribution in [0.3, 0.4) is 0 Å². The summed E-state index contributed by atoms with van der Waals surface area (Å²) >= 11 is 10.8. The van der Waals surface area contributed by atoms with E-state index in [1.807, 2.05) is 13.0 Å². The van der Waals surface area contributed by atoms with Crippen molar-refractivity contribution < 1.29 is 28.7 Å². The third kappa shape index (κ3) is 6.09. The number of imide groups is 1. The summed E-state index contributed by atoms with van der Waals surface area (Å²) in [4.78, 5) is 59.3. The van der Waals surface area contributed by atoms with Gasteiger partial charge in [-0.05, 0) is 67.8 Å². The van der Waals surface area contributed by atoms with E-state index in [1.54, 1.807) is 60.7 Å². The Hall–Kier alpha value is -3.41. The summed E-state index contributed by atoms with van der Waals surface area (Å²) in [6.07, 6.45) is 1.19. The summed E-state index contributed by atoms with van der Waals surface area (Å²) in [6, 6.07) is 19.0. The van der Waals surface area contributed by atoms with Crippen molar-refractivity contribution in [3.63, 3.8) is 0 Å². The fourth-order valence-electron chi connectivity index (χ4n) is 5.99. The first-order chi connectivity index (χ1) is 21.5. The van der Waals surface area contributed by atoms with Gasteiger partial charge < -0.3 is 9.47 Å². The number of alkyl halides is 2. The van der Waals surface area contributed by atoms with Crippen molar-refractivity contribution in [2.24, 2.45) is 11.8 Å². The van der Waals surface area contributed by atoms with E-state index in [2.05, 4.69) is 47.8 Å². The van der Waals surface area contributed by atoms with E-state index in [9.17, 15) is 19.2 Å². The molecule has 11 heteroatoms. The second kappa shape index (κ2) is 12.8. The van der Waals surface area contributed by atoms with Crippen molar-refractivity contribution in [2.45, 2.75) is 29.4 Å². The zero-order chi connectivity index (χ0) is 32.0. The Morgan fingerprint density at radius 2 is 1.60 bits per heavy atom. The molecule has 0 spiro atoms. The minimum Gasteiger partial charge on any atom is -0.497 e. The van der Waals surface area contributed by atoms with E-state index >= 15 is 0 Å². The number of ether oxygens (including phenoxy) is 2. The van der Waals surface area contributed by atoms with Crippen LogP contribution in [0.5, 0.6) is 5.75 Å². The third-order valence-electron chi connectivity index (χ3n) is 8.35. The van der Waals surface area contributed by atoms with Gasteiger partial charge >= 0.3 is 5.97 Å². The Kier molecular flexibility index (Phi) is 8.96. The number of anilines is 1. The van der Waals surface area contributed by atoms with Crippen LogP contribution in [0, 0.1) is 18.8 Å². The van der Waals surface area contributed by atoms with Gasteiger partial charge in [-0.15, -0.1) is 0 Å². The zero-order valence-corrected chi connectivity index (χ0v) is 29.0. The van der Waals surface area contributed by atoms with Crippen molar-refractivity contribution in [2.75, 3.05) is 18.6 Å². The van der Waals surface area contributed by atoms with E-state index < -0.39 is 12.6 Å². The van der Waals surface area contributed by atoms with Gasteiger partial charge in [-0.3, -0.25) is 19.3 Å². The van der Waals surface area contributed by atoms with Crippen molar-refractivity contribution in [1.82, 2.24) is 4.98 Å². The minimum atomic E-state index is -0.667. The maximum Gasteiger partial charge on any atom is 0.339 e. The molecular formula is C34H27Br3N2O6. The summed E-state index contributed by atoms with van der Waals surface area (Å²) in [6.45, 7) is 1.45. The van der Waals surface area contributed by atoms with E-state index in [0.717, 1.165) is 10.0 Å². The number of aromatic nitrogens is 1. The Bertz CT molecular complexity index is 1830. The van der Waals surface area contributed by atoms with Crippen LogP contribution in [0.25, 0.3) is 22.2 Å². The Balaban J connectivity index is 1.29. The number of rotatable bonds is 7. The molecule has 4 unspecified atom stereocenters. The lowest BCUT2D eigenvalue weighted by Gasteiger charge is -2.29. The number of fused-ring (bicyclic) bond motifs is 2. The molecule has 2 fully saturated rings. The summed E-state index contributed by atoms with van der Waals surface area (Å²) < 4.78 is 11.5. The van der Waals surface area contributed by atoms with Gasteiger partial charge in [0, 0.05) is 30.6 Å². The van der Waals surface area contributed by atoms with Crippen LogP contribution in [0.15, 0.2) is 71.2 Å². The van der Waals surface area contributed by atoms with E-state index in [0.29, 0.717) is 52.0 Å². The number of Topliss-reactive ketones (excluding diaryl/α,β-unsaturated/α-hetero) is 1. The van der Waals surface area contributed by atoms with Crippen LogP contribution in [0.1, 0.15) is 39.1 Å². The van der Waals surface area contributed by atoms with Crippen LogP contribution in [0.4, 0.5) is 5.69 Å². The van der Waals surface area contributed by atoms with Gasteiger partial charge in [0.2, 0.25) is 11.8 Å². The van der Waals surface area contributed by atoms with Crippen LogP contribution in [-0.2, 0) is 14.3 Å². The summed E-state index contributed by atoms with van der Waals surface area (Å²) in [7, 11) is 1.51. The quantitative estimate of drug-likeness (QED) is 0.0829. The molecule has 0 N–H and O–H groups in total. The summed E-state index contributed by atoms with van der Waals surface area (Å²) in [5.41, 5.74) is 3.75. The lowest BCUT2D eigenvalue weighted by atomic mass is 9.81. The molecule has 230 valence electrons. The second-order valence-corrected chi connectivity index (χ2v) is 14.4. The van der Waals surface area contributed by atoms with Gasteiger partial charge in [0.05, 0.1) is 41.4 Å². The van der Waals surface area contributed by atoms with E-state index in [-0.39, 0.29) is 44.7 Å². The molecule has 2 aliphatic rings. The molecule has 1 aromatic heterocycles. The van der Waals surface area contributed by atoms with Crippen molar-refractivity contribution in [3.05, 3.63) is 87.9 Å². The lowest BCUT2D eigenvalue weighted by Crippen LogP contribution is -2.34. The van der Waals surface area contributed by atoms with Gasteiger partial charge in [0.15, 0.2) is 12.4 Å². The van der Waals surface area contributed by atoms with Crippen LogP contribution in [-0.4, -0.2) is 51.9 Å². The van der Waals surface area contributed by atoms with Gasteiger partial charge in [0.1, 0.15) is 5.75 Å². The molecule has 6 rings (SSSR count). The number of aryl methyl sites for hydroxylation is 1.